The zero-order chi connectivity index (χ0) is 18.2. The molecule has 1 fully saturated rings. The second-order valence-corrected chi connectivity index (χ2v) is 6.42. The van der Waals surface area contributed by atoms with Gasteiger partial charge in [-0.05, 0) is 12.1 Å². The van der Waals surface area contributed by atoms with Crippen LogP contribution in [0.1, 0.15) is 11.8 Å². The van der Waals surface area contributed by atoms with Crippen molar-refractivity contribution >= 4 is 11.7 Å². The van der Waals surface area contributed by atoms with Crippen LogP contribution in [-0.4, -0.2) is 41.0 Å². The fraction of sp³-hybridized carbons (Fsp3) is 0.211. The largest absolute Gasteiger partial charge is 0.454 e. The molecule has 2 aromatic carbocycles. The fourth-order valence-electron chi connectivity index (χ4n) is 3.08. The topological polar surface area (TPSA) is 89.7 Å². The minimum atomic E-state index is -0.173. The van der Waals surface area contributed by atoms with Gasteiger partial charge in [0.1, 0.15) is 0 Å². The smallest absolute Gasteiger partial charge is 0.321 e. The van der Waals surface area contributed by atoms with Crippen molar-refractivity contribution in [3.63, 3.8) is 0 Å². The zero-order valence-corrected chi connectivity index (χ0v) is 14.3. The standard InChI is InChI=1S/C19H16N4O4/c24-19(20-14-6-7-15-16(8-14)26-11-25-15)23-9-13(10-23)18-21-17(22-27-18)12-4-2-1-3-5-12/h1-8,13H,9-11H2,(H,20,24). The van der Waals surface area contributed by atoms with Crippen LogP contribution in [0.15, 0.2) is 53.1 Å². The maximum absolute atomic E-state index is 12.4. The summed E-state index contributed by atoms with van der Waals surface area (Å²) in [6.45, 7) is 1.27. The minimum Gasteiger partial charge on any atom is -0.454 e. The third-order valence-corrected chi connectivity index (χ3v) is 4.62. The second kappa shape index (κ2) is 6.31. The van der Waals surface area contributed by atoms with E-state index in [0.717, 1.165) is 5.56 Å². The molecule has 0 bridgehead atoms. The SMILES string of the molecule is O=C(Nc1ccc2c(c1)OCO2)N1CC(c2nc(-c3ccccc3)no2)C1. The van der Waals surface area contributed by atoms with Gasteiger partial charge >= 0.3 is 6.03 Å². The van der Waals surface area contributed by atoms with E-state index < -0.39 is 0 Å². The molecule has 2 amide bonds. The Kier molecular flexibility index (Phi) is 3.67. The van der Waals surface area contributed by atoms with Gasteiger partial charge in [0, 0.05) is 30.4 Å². The highest BCUT2D eigenvalue weighted by molar-refractivity contribution is 5.90. The highest BCUT2D eigenvalue weighted by Crippen LogP contribution is 2.34. The lowest BCUT2D eigenvalue weighted by Gasteiger charge is -2.36. The number of fused-ring (bicyclic) bond motifs is 1. The number of carbonyl (C=O) groups excluding carboxylic acids is 1. The number of rotatable bonds is 3. The number of ether oxygens (including phenoxy) is 2. The number of aromatic nitrogens is 2. The third-order valence-electron chi connectivity index (χ3n) is 4.62. The average molecular weight is 364 g/mol. The van der Waals surface area contributed by atoms with E-state index in [0.29, 0.717) is 42.0 Å². The third kappa shape index (κ3) is 2.95. The minimum absolute atomic E-state index is 0.0532. The fourth-order valence-corrected chi connectivity index (χ4v) is 3.08. The van der Waals surface area contributed by atoms with Crippen molar-refractivity contribution in [1.29, 1.82) is 0 Å². The molecule has 5 rings (SSSR count). The zero-order valence-electron chi connectivity index (χ0n) is 14.3. The van der Waals surface area contributed by atoms with Gasteiger partial charge in [0.2, 0.25) is 18.5 Å². The molecule has 0 spiro atoms. The van der Waals surface area contributed by atoms with Crippen LogP contribution in [0.2, 0.25) is 0 Å². The predicted octanol–water partition coefficient (Wildman–Crippen LogP) is 3.10. The molecule has 8 nitrogen and oxygen atoms in total. The number of hydrogen-bond acceptors (Lipinski definition) is 6. The Morgan fingerprint density at radius 2 is 1.89 bits per heavy atom. The van der Waals surface area contributed by atoms with Crippen LogP contribution in [0.5, 0.6) is 11.5 Å². The Balaban J connectivity index is 1.19. The Labute approximate surface area is 154 Å². The number of carbonyl (C=O) groups is 1. The van der Waals surface area contributed by atoms with Gasteiger partial charge in [-0.15, -0.1) is 0 Å². The lowest BCUT2D eigenvalue weighted by Crippen LogP contribution is -2.50. The molecule has 27 heavy (non-hydrogen) atoms. The summed E-state index contributed by atoms with van der Waals surface area (Å²) in [5.74, 6) is 2.49. The van der Waals surface area contributed by atoms with E-state index in [1.165, 1.54) is 0 Å². The van der Waals surface area contributed by atoms with Crippen molar-refractivity contribution in [2.45, 2.75) is 5.92 Å². The van der Waals surface area contributed by atoms with E-state index in [2.05, 4.69) is 15.5 Å². The summed E-state index contributed by atoms with van der Waals surface area (Å²) in [4.78, 5) is 18.5. The molecular formula is C19H16N4O4. The number of nitrogens with one attached hydrogen (secondary N) is 1. The summed E-state index contributed by atoms with van der Waals surface area (Å²) in [5.41, 5.74) is 1.57. The maximum Gasteiger partial charge on any atom is 0.321 e. The van der Waals surface area contributed by atoms with Crippen LogP contribution >= 0.6 is 0 Å². The lowest BCUT2D eigenvalue weighted by atomic mass is 10.0. The lowest BCUT2D eigenvalue weighted by molar-refractivity contribution is 0.147. The first-order valence-electron chi connectivity index (χ1n) is 8.61. The summed E-state index contributed by atoms with van der Waals surface area (Å²) in [5, 5.41) is 6.89. The number of amides is 2. The van der Waals surface area contributed by atoms with E-state index in [4.69, 9.17) is 14.0 Å². The van der Waals surface area contributed by atoms with E-state index in [1.54, 1.807) is 23.1 Å². The number of anilines is 1. The van der Waals surface area contributed by atoms with E-state index >= 15 is 0 Å². The van der Waals surface area contributed by atoms with Gasteiger partial charge in [-0.2, -0.15) is 4.98 Å². The number of urea groups is 1. The molecule has 2 aliphatic heterocycles. The molecule has 1 N–H and O–H groups in total. The summed E-state index contributed by atoms with van der Waals surface area (Å²) in [6, 6.07) is 14.8. The van der Waals surface area contributed by atoms with Gasteiger partial charge in [0.25, 0.3) is 0 Å². The Morgan fingerprint density at radius 3 is 2.74 bits per heavy atom. The maximum atomic E-state index is 12.4. The van der Waals surface area contributed by atoms with Crippen molar-refractivity contribution in [3.05, 3.63) is 54.4 Å². The molecule has 0 aliphatic carbocycles. The first kappa shape index (κ1) is 15.7. The summed E-state index contributed by atoms with van der Waals surface area (Å²) in [6.07, 6.45) is 0. The molecule has 8 heteroatoms. The molecule has 1 saturated heterocycles. The summed E-state index contributed by atoms with van der Waals surface area (Å²) in [7, 11) is 0. The summed E-state index contributed by atoms with van der Waals surface area (Å²) < 4.78 is 16.0. The molecule has 0 saturated carbocycles. The highest BCUT2D eigenvalue weighted by atomic mass is 16.7. The van der Waals surface area contributed by atoms with Gasteiger partial charge in [-0.3, -0.25) is 0 Å². The van der Waals surface area contributed by atoms with Crippen molar-refractivity contribution in [3.8, 4) is 22.9 Å². The molecule has 1 aromatic heterocycles. The van der Waals surface area contributed by atoms with Gasteiger partial charge < -0.3 is 24.2 Å². The average Bonchev–Trinajstić information content (AvgIpc) is 3.30. The van der Waals surface area contributed by atoms with Crippen molar-refractivity contribution in [2.24, 2.45) is 0 Å². The van der Waals surface area contributed by atoms with Gasteiger partial charge in [0.15, 0.2) is 11.5 Å². The van der Waals surface area contributed by atoms with Crippen LogP contribution < -0.4 is 14.8 Å². The van der Waals surface area contributed by atoms with Crippen LogP contribution in [-0.2, 0) is 0 Å². The quantitative estimate of drug-likeness (QED) is 0.768. The number of likely N-dealkylation sites (tertiary alicyclic amines) is 1. The van der Waals surface area contributed by atoms with Gasteiger partial charge in [0.05, 0.1) is 5.92 Å². The van der Waals surface area contributed by atoms with E-state index in [-0.39, 0.29) is 18.7 Å². The number of benzene rings is 2. The monoisotopic (exact) mass is 364 g/mol. The molecule has 0 unspecified atom stereocenters. The van der Waals surface area contributed by atoms with Crippen LogP contribution in [0, 0.1) is 0 Å². The van der Waals surface area contributed by atoms with Crippen molar-refractivity contribution < 1.29 is 18.8 Å². The molecule has 3 aromatic rings. The normalized spacial score (nSPS) is 15.5. The molecule has 0 radical (unpaired) electrons. The van der Waals surface area contributed by atoms with Crippen LogP contribution in [0.3, 0.4) is 0 Å². The predicted molar refractivity (Wildman–Crippen MR) is 95.6 cm³/mol. The highest BCUT2D eigenvalue weighted by Gasteiger charge is 2.36. The van der Waals surface area contributed by atoms with Crippen molar-refractivity contribution in [2.75, 3.05) is 25.2 Å². The van der Waals surface area contributed by atoms with Gasteiger partial charge in [-0.25, -0.2) is 4.79 Å². The Bertz CT molecular complexity index is 982. The first-order valence-corrected chi connectivity index (χ1v) is 8.61. The van der Waals surface area contributed by atoms with Crippen molar-refractivity contribution in [1.82, 2.24) is 15.0 Å². The summed E-state index contributed by atoms with van der Waals surface area (Å²) >= 11 is 0. The van der Waals surface area contributed by atoms with E-state index in [1.807, 2.05) is 30.3 Å². The number of nitrogens with zero attached hydrogens (tertiary/aromatic N) is 3. The Hall–Kier alpha value is -3.55. The molecule has 3 heterocycles. The first-order chi connectivity index (χ1) is 13.3. The van der Waals surface area contributed by atoms with Crippen LogP contribution in [0.25, 0.3) is 11.4 Å². The second-order valence-electron chi connectivity index (χ2n) is 6.42. The van der Waals surface area contributed by atoms with Crippen LogP contribution in [0.4, 0.5) is 10.5 Å². The molecule has 0 atom stereocenters. The number of hydrogen-bond donors (Lipinski definition) is 1. The molecular weight excluding hydrogens is 348 g/mol. The molecule has 136 valence electrons. The molecule has 2 aliphatic rings. The van der Waals surface area contributed by atoms with E-state index in [9.17, 15) is 4.79 Å². The Morgan fingerprint density at radius 1 is 1.07 bits per heavy atom. The van der Waals surface area contributed by atoms with Gasteiger partial charge in [-0.1, -0.05) is 35.5 Å².